The minimum Gasteiger partial charge on any atom is -0.484 e. The number of ether oxygens (including phenoxy) is 1. The molecule has 92 valence electrons. The van der Waals surface area contributed by atoms with Gasteiger partial charge in [0.25, 0.3) is 5.91 Å². The van der Waals surface area contributed by atoms with Crippen LogP contribution in [0.1, 0.15) is 12.8 Å². The molecule has 1 saturated heterocycles. The molecule has 1 amide bonds. The van der Waals surface area contributed by atoms with Gasteiger partial charge in [-0.15, -0.1) is 0 Å². The number of nitrogens with two attached hydrogens (primary N) is 1. The molecule has 17 heavy (non-hydrogen) atoms. The van der Waals surface area contributed by atoms with E-state index < -0.39 is 0 Å². The molecule has 4 nitrogen and oxygen atoms in total. The molecule has 0 aromatic heterocycles. The quantitative estimate of drug-likeness (QED) is 0.869. The average molecular weight is 299 g/mol. The lowest BCUT2D eigenvalue weighted by atomic mass is 10.3. The summed E-state index contributed by atoms with van der Waals surface area (Å²) < 4.78 is 6.29. The summed E-state index contributed by atoms with van der Waals surface area (Å²) in [4.78, 5) is 13.6. The minimum atomic E-state index is 0.0426. The second kappa shape index (κ2) is 5.40. The van der Waals surface area contributed by atoms with Crippen LogP contribution in [-0.4, -0.2) is 30.5 Å². The van der Waals surface area contributed by atoms with Crippen LogP contribution >= 0.6 is 15.9 Å². The zero-order chi connectivity index (χ0) is 12.3. The molecule has 0 spiro atoms. The van der Waals surface area contributed by atoms with Crippen LogP contribution in [0.25, 0.3) is 0 Å². The first-order valence-electron chi connectivity index (χ1n) is 5.62. The highest BCUT2D eigenvalue weighted by molar-refractivity contribution is 9.10. The van der Waals surface area contributed by atoms with E-state index in [9.17, 15) is 4.79 Å². The number of benzene rings is 1. The van der Waals surface area contributed by atoms with E-state index in [2.05, 4.69) is 15.9 Å². The summed E-state index contributed by atoms with van der Waals surface area (Å²) in [5.74, 6) is 0.658. The van der Waals surface area contributed by atoms with Gasteiger partial charge >= 0.3 is 0 Å². The first-order valence-corrected chi connectivity index (χ1v) is 6.41. The third-order valence-electron chi connectivity index (χ3n) is 2.71. The Labute approximate surface area is 109 Å². The summed E-state index contributed by atoms with van der Waals surface area (Å²) in [7, 11) is 0. The second-order valence-electron chi connectivity index (χ2n) is 4.10. The Balaban J connectivity index is 1.90. The SMILES string of the molecule is Nc1cc(Br)cc(OCC(=O)N2CCCC2)c1. The van der Waals surface area contributed by atoms with Gasteiger partial charge in [0.1, 0.15) is 5.75 Å². The maximum Gasteiger partial charge on any atom is 0.260 e. The van der Waals surface area contributed by atoms with Gasteiger partial charge < -0.3 is 15.4 Å². The Hall–Kier alpha value is -1.23. The van der Waals surface area contributed by atoms with Gasteiger partial charge in [-0.1, -0.05) is 15.9 Å². The Morgan fingerprint density at radius 3 is 2.71 bits per heavy atom. The van der Waals surface area contributed by atoms with Crippen molar-refractivity contribution in [3.63, 3.8) is 0 Å². The van der Waals surface area contributed by atoms with Crippen molar-refractivity contribution in [2.24, 2.45) is 0 Å². The predicted molar refractivity (Wildman–Crippen MR) is 69.9 cm³/mol. The van der Waals surface area contributed by atoms with Crippen LogP contribution in [0.4, 0.5) is 5.69 Å². The Bertz CT molecular complexity index is 397. The fraction of sp³-hybridized carbons (Fsp3) is 0.417. The third kappa shape index (κ3) is 3.36. The lowest BCUT2D eigenvalue weighted by Gasteiger charge is -2.15. The van der Waals surface area contributed by atoms with Gasteiger partial charge in [-0.05, 0) is 25.0 Å². The number of hydrogen-bond donors (Lipinski definition) is 1. The van der Waals surface area contributed by atoms with Crippen molar-refractivity contribution in [2.45, 2.75) is 12.8 Å². The van der Waals surface area contributed by atoms with Crippen LogP contribution < -0.4 is 10.5 Å². The number of carbonyl (C=O) groups excluding carboxylic acids is 1. The highest BCUT2D eigenvalue weighted by atomic mass is 79.9. The maximum absolute atomic E-state index is 11.7. The Morgan fingerprint density at radius 2 is 2.06 bits per heavy atom. The number of halogens is 1. The van der Waals surface area contributed by atoms with E-state index in [-0.39, 0.29) is 12.5 Å². The zero-order valence-electron chi connectivity index (χ0n) is 9.49. The van der Waals surface area contributed by atoms with Crippen LogP contribution in [0.15, 0.2) is 22.7 Å². The maximum atomic E-state index is 11.7. The molecule has 0 saturated carbocycles. The Kier molecular flexibility index (Phi) is 3.89. The van der Waals surface area contributed by atoms with E-state index in [1.165, 1.54) is 0 Å². The van der Waals surface area contributed by atoms with Gasteiger partial charge in [0, 0.05) is 29.3 Å². The smallest absolute Gasteiger partial charge is 0.260 e. The lowest BCUT2D eigenvalue weighted by Crippen LogP contribution is -2.32. The van der Waals surface area contributed by atoms with Crippen molar-refractivity contribution in [1.82, 2.24) is 4.90 Å². The fourth-order valence-electron chi connectivity index (χ4n) is 1.87. The topological polar surface area (TPSA) is 55.6 Å². The highest BCUT2D eigenvalue weighted by Crippen LogP contribution is 2.22. The van der Waals surface area contributed by atoms with Crippen molar-refractivity contribution in [3.05, 3.63) is 22.7 Å². The van der Waals surface area contributed by atoms with E-state index in [4.69, 9.17) is 10.5 Å². The van der Waals surface area contributed by atoms with Gasteiger partial charge in [-0.2, -0.15) is 0 Å². The third-order valence-corrected chi connectivity index (χ3v) is 3.17. The molecule has 0 bridgehead atoms. The largest absolute Gasteiger partial charge is 0.484 e. The van der Waals surface area contributed by atoms with Crippen molar-refractivity contribution in [3.8, 4) is 5.75 Å². The standard InChI is InChI=1S/C12H15BrN2O2/c13-9-5-10(14)7-11(6-9)17-8-12(16)15-3-1-2-4-15/h5-7H,1-4,8,14H2. The van der Waals surface area contributed by atoms with Crippen molar-refractivity contribution < 1.29 is 9.53 Å². The number of rotatable bonds is 3. The van der Waals surface area contributed by atoms with E-state index in [0.29, 0.717) is 11.4 Å². The number of anilines is 1. The summed E-state index contributed by atoms with van der Waals surface area (Å²) >= 11 is 3.33. The number of nitrogens with zero attached hydrogens (tertiary/aromatic N) is 1. The highest BCUT2D eigenvalue weighted by Gasteiger charge is 2.18. The summed E-state index contributed by atoms with van der Waals surface area (Å²) in [6.45, 7) is 1.78. The molecule has 1 aliphatic heterocycles. The van der Waals surface area contributed by atoms with E-state index >= 15 is 0 Å². The fourth-order valence-corrected chi connectivity index (χ4v) is 2.36. The molecule has 0 atom stereocenters. The van der Waals surface area contributed by atoms with E-state index in [1.807, 2.05) is 4.90 Å². The van der Waals surface area contributed by atoms with Gasteiger partial charge in [0.2, 0.25) is 0 Å². The van der Waals surface area contributed by atoms with Crippen molar-refractivity contribution in [1.29, 1.82) is 0 Å². The molecule has 1 aliphatic rings. The van der Waals surface area contributed by atoms with Gasteiger partial charge in [-0.25, -0.2) is 0 Å². The van der Waals surface area contributed by atoms with Gasteiger partial charge in [0.05, 0.1) is 0 Å². The Morgan fingerprint density at radius 1 is 1.35 bits per heavy atom. The summed E-state index contributed by atoms with van der Waals surface area (Å²) in [6, 6.07) is 5.30. The van der Waals surface area contributed by atoms with Crippen LogP contribution in [0.3, 0.4) is 0 Å². The average Bonchev–Trinajstić information content (AvgIpc) is 2.78. The molecule has 0 aliphatic carbocycles. The number of nitrogen functional groups attached to an aromatic ring is 1. The van der Waals surface area contributed by atoms with E-state index in [0.717, 1.165) is 30.4 Å². The molecule has 1 fully saturated rings. The number of carbonyl (C=O) groups is 1. The summed E-state index contributed by atoms with van der Waals surface area (Å²) in [5.41, 5.74) is 6.30. The first-order chi connectivity index (χ1) is 8.15. The minimum absolute atomic E-state index is 0.0426. The van der Waals surface area contributed by atoms with Crippen molar-refractivity contribution >= 4 is 27.5 Å². The summed E-state index contributed by atoms with van der Waals surface area (Å²) in [6.07, 6.45) is 2.19. The first kappa shape index (κ1) is 12.2. The summed E-state index contributed by atoms with van der Waals surface area (Å²) in [5, 5.41) is 0. The molecule has 1 aromatic carbocycles. The zero-order valence-corrected chi connectivity index (χ0v) is 11.1. The normalized spacial score (nSPS) is 15.0. The van der Waals surface area contributed by atoms with Crippen molar-refractivity contribution in [2.75, 3.05) is 25.4 Å². The lowest BCUT2D eigenvalue weighted by molar-refractivity contribution is -0.132. The molecular formula is C12H15BrN2O2. The molecule has 2 rings (SSSR count). The van der Waals surface area contributed by atoms with Crippen LogP contribution in [-0.2, 0) is 4.79 Å². The number of likely N-dealkylation sites (tertiary alicyclic amines) is 1. The molecular weight excluding hydrogens is 284 g/mol. The van der Waals surface area contributed by atoms with Crippen LogP contribution in [0.2, 0.25) is 0 Å². The van der Waals surface area contributed by atoms with Gasteiger partial charge in [0.15, 0.2) is 6.61 Å². The second-order valence-corrected chi connectivity index (χ2v) is 5.01. The monoisotopic (exact) mass is 298 g/mol. The van der Waals surface area contributed by atoms with Crippen LogP contribution in [0.5, 0.6) is 5.75 Å². The number of hydrogen-bond acceptors (Lipinski definition) is 3. The molecule has 1 heterocycles. The van der Waals surface area contributed by atoms with Gasteiger partial charge in [-0.3, -0.25) is 4.79 Å². The number of amides is 1. The van der Waals surface area contributed by atoms with E-state index in [1.54, 1.807) is 18.2 Å². The molecule has 1 aromatic rings. The predicted octanol–water partition coefficient (Wildman–Crippen LogP) is 2.03. The molecule has 0 radical (unpaired) electrons. The van der Waals surface area contributed by atoms with Crippen LogP contribution in [0, 0.1) is 0 Å². The molecule has 2 N–H and O–H groups in total. The molecule has 5 heteroatoms. The molecule has 0 unspecified atom stereocenters.